The van der Waals surface area contributed by atoms with Gasteiger partial charge in [0.15, 0.2) is 0 Å². The third-order valence-electron chi connectivity index (χ3n) is 4.66. The Balaban J connectivity index is 1.70. The van der Waals surface area contributed by atoms with E-state index in [2.05, 4.69) is 5.32 Å². The lowest BCUT2D eigenvalue weighted by Gasteiger charge is -2.36. The maximum absolute atomic E-state index is 12.3. The van der Waals surface area contributed by atoms with Gasteiger partial charge in [-0.2, -0.15) is 0 Å². The number of hydrogen-bond acceptors (Lipinski definition) is 3. The van der Waals surface area contributed by atoms with Crippen molar-refractivity contribution in [3.05, 3.63) is 29.8 Å². The Morgan fingerprint density at radius 3 is 2.55 bits per heavy atom. The third kappa shape index (κ3) is 2.61. The summed E-state index contributed by atoms with van der Waals surface area (Å²) >= 11 is 0. The molecule has 0 aliphatic carbocycles. The topological polar surface area (TPSA) is 69.6 Å². The van der Waals surface area contributed by atoms with Crippen LogP contribution in [-0.2, 0) is 9.59 Å². The van der Waals surface area contributed by atoms with Gasteiger partial charge in [-0.15, -0.1) is 0 Å². The molecule has 1 aromatic carbocycles. The van der Waals surface area contributed by atoms with E-state index in [9.17, 15) is 14.7 Å². The van der Waals surface area contributed by atoms with Crippen LogP contribution in [0.5, 0.6) is 0 Å². The van der Waals surface area contributed by atoms with Crippen molar-refractivity contribution >= 4 is 17.5 Å². The van der Waals surface area contributed by atoms with E-state index in [4.69, 9.17) is 0 Å². The van der Waals surface area contributed by atoms with Crippen molar-refractivity contribution in [3.63, 3.8) is 0 Å². The van der Waals surface area contributed by atoms with Crippen molar-refractivity contribution < 1.29 is 14.7 Å². The molecule has 0 bridgehead atoms. The highest BCUT2D eigenvalue weighted by Crippen LogP contribution is 2.41. The largest absolute Gasteiger partial charge is 0.381 e. The predicted molar refractivity (Wildman–Crippen MR) is 83.4 cm³/mol. The van der Waals surface area contributed by atoms with Crippen LogP contribution in [-0.4, -0.2) is 40.5 Å². The normalized spacial score (nSPS) is 22.4. The van der Waals surface area contributed by atoms with Gasteiger partial charge in [-0.3, -0.25) is 9.59 Å². The van der Waals surface area contributed by atoms with Crippen molar-refractivity contribution in [1.29, 1.82) is 0 Å². The summed E-state index contributed by atoms with van der Waals surface area (Å²) in [6.45, 7) is 4.23. The Morgan fingerprint density at radius 2 is 1.91 bits per heavy atom. The van der Waals surface area contributed by atoms with E-state index in [0.29, 0.717) is 13.1 Å². The van der Waals surface area contributed by atoms with Crippen LogP contribution in [0.4, 0.5) is 5.69 Å². The molecule has 2 heterocycles. The van der Waals surface area contributed by atoms with Gasteiger partial charge < -0.3 is 15.3 Å². The van der Waals surface area contributed by atoms with E-state index < -0.39 is 5.60 Å². The molecule has 0 radical (unpaired) electrons. The van der Waals surface area contributed by atoms with Crippen LogP contribution in [0.25, 0.3) is 0 Å². The maximum Gasteiger partial charge on any atom is 0.253 e. The second kappa shape index (κ2) is 5.39. The number of nitrogens with one attached hydrogen (secondary N) is 1. The van der Waals surface area contributed by atoms with Gasteiger partial charge in [-0.05, 0) is 44.2 Å². The number of likely N-dealkylation sites (tertiary alicyclic amines) is 1. The molecule has 5 nitrogen and oxygen atoms in total. The summed E-state index contributed by atoms with van der Waals surface area (Å²) in [4.78, 5) is 26.1. The molecule has 1 saturated heterocycles. The fourth-order valence-electron chi connectivity index (χ4n) is 3.52. The minimum atomic E-state index is -1.33. The van der Waals surface area contributed by atoms with E-state index in [0.717, 1.165) is 24.1 Å². The van der Waals surface area contributed by atoms with Gasteiger partial charge in [-0.1, -0.05) is 18.2 Å². The lowest BCUT2D eigenvalue weighted by atomic mass is 9.80. The monoisotopic (exact) mass is 302 g/mol. The van der Waals surface area contributed by atoms with Crippen LogP contribution >= 0.6 is 0 Å². The summed E-state index contributed by atoms with van der Waals surface area (Å²) in [5.74, 6) is -0.0409. The fourth-order valence-corrected chi connectivity index (χ4v) is 3.52. The van der Waals surface area contributed by atoms with Crippen molar-refractivity contribution in [2.75, 3.05) is 18.4 Å². The van der Waals surface area contributed by atoms with Crippen LogP contribution < -0.4 is 5.32 Å². The average Bonchev–Trinajstić information content (AvgIpc) is 2.81. The van der Waals surface area contributed by atoms with Crippen molar-refractivity contribution in [2.24, 2.45) is 5.92 Å². The zero-order valence-electron chi connectivity index (χ0n) is 13.0. The number of rotatable bonds is 2. The smallest absolute Gasteiger partial charge is 0.253 e. The Bertz CT molecular complexity index is 598. The van der Waals surface area contributed by atoms with Gasteiger partial charge in [0.1, 0.15) is 5.60 Å². The Kier molecular flexibility index (Phi) is 3.68. The molecule has 5 heteroatoms. The number of fused-ring (bicyclic) bond motifs is 1. The Morgan fingerprint density at radius 1 is 1.27 bits per heavy atom. The maximum atomic E-state index is 12.3. The molecule has 0 aromatic heterocycles. The SMILES string of the molecule is CC(C)(O)C(=O)N1CCC(C2C(=O)Nc3ccccc32)CC1. The van der Waals surface area contributed by atoms with Gasteiger partial charge in [0.05, 0.1) is 5.92 Å². The van der Waals surface area contributed by atoms with Crippen molar-refractivity contribution in [2.45, 2.75) is 38.2 Å². The highest BCUT2D eigenvalue weighted by Gasteiger charge is 2.40. The van der Waals surface area contributed by atoms with Gasteiger partial charge in [0.2, 0.25) is 5.91 Å². The fraction of sp³-hybridized carbons (Fsp3) is 0.529. The van der Waals surface area contributed by atoms with Gasteiger partial charge >= 0.3 is 0 Å². The molecule has 118 valence electrons. The number of amides is 2. The van der Waals surface area contributed by atoms with Gasteiger partial charge in [0, 0.05) is 18.8 Å². The molecule has 1 fully saturated rings. The van der Waals surface area contributed by atoms with E-state index in [-0.39, 0.29) is 23.7 Å². The minimum Gasteiger partial charge on any atom is -0.381 e. The summed E-state index contributed by atoms with van der Waals surface area (Å²) in [5, 5.41) is 12.8. The molecule has 1 aromatic rings. The third-order valence-corrected chi connectivity index (χ3v) is 4.66. The number of anilines is 1. The highest BCUT2D eigenvalue weighted by molar-refractivity contribution is 6.03. The number of carbonyl (C=O) groups excluding carboxylic acids is 2. The number of carbonyl (C=O) groups is 2. The van der Waals surface area contributed by atoms with Crippen LogP contribution in [0.1, 0.15) is 38.2 Å². The van der Waals surface area contributed by atoms with E-state index in [1.165, 1.54) is 13.8 Å². The molecule has 3 rings (SSSR count). The summed E-state index contributed by atoms with van der Waals surface area (Å²) in [6, 6.07) is 7.82. The van der Waals surface area contributed by atoms with E-state index in [1.807, 2.05) is 24.3 Å². The number of aliphatic hydroxyl groups is 1. The number of nitrogens with zero attached hydrogens (tertiary/aromatic N) is 1. The second-order valence-electron chi connectivity index (χ2n) is 6.74. The number of hydrogen-bond donors (Lipinski definition) is 2. The van der Waals surface area contributed by atoms with Crippen molar-refractivity contribution in [3.8, 4) is 0 Å². The minimum absolute atomic E-state index is 0.0634. The second-order valence-corrected chi connectivity index (χ2v) is 6.74. The van der Waals surface area contributed by atoms with Crippen molar-refractivity contribution in [1.82, 2.24) is 4.90 Å². The first-order chi connectivity index (χ1) is 10.4. The first kappa shape index (κ1) is 15.0. The molecule has 22 heavy (non-hydrogen) atoms. The highest BCUT2D eigenvalue weighted by atomic mass is 16.3. The lowest BCUT2D eigenvalue weighted by Crippen LogP contribution is -2.49. The number of piperidine rings is 1. The standard InChI is InChI=1S/C17H22N2O3/c1-17(2,22)16(21)19-9-7-11(8-10-19)14-12-5-3-4-6-13(12)18-15(14)20/h3-6,11,14,22H,7-10H2,1-2H3,(H,18,20). The number of benzene rings is 1. The summed E-state index contributed by atoms with van der Waals surface area (Å²) in [6.07, 6.45) is 1.57. The zero-order chi connectivity index (χ0) is 15.9. The molecule has 0 saturated carbocycles. The molecular weight excluding hydrogens is 280 g/mol. The van der Waals surface area contributed by atoms with Gasteiger partial charge in [0.25, 0.3) is 5.91 Å². The van der Waals surface area contributed by atoms with Gasteiger partial charge in [-0.25, -0.2) is 0 Å². The van der Waals surface area contributed by atoms with E-state index >= 15 is 0 Å². The molecule has 1 unspecified atom stereocenters. The molecule has 2 aliphatic heterocycles. The quantitative estimate of drug-likeness (QED) is 0.874. The Hall–Kier alpha value is -1.88. The summed E-state index contributed by atoms with van der Waals surface area (Å²) in [7, 11) is 0. The molecule has 2 N–H and O–H groups in total. The number of para-hydroxylation sites is 1. The zero-order valence-corrected chi connectivity index (χ0v) is 13.0. The summed E-state index contributed by atoms with van der Waals surface area (Å²) < 4.78 is 0. The lowest BCUT2D eigenvalue weighted by molar-refractivity contribution is -0.149. The Labute approximate surface area is 130 Å². The molecule has 2 amide bonds. The first-order valence-corrected chi connectivity index (χ1v) is 7.79. The first-order valence-electron chi connectivity index (χ1n) is 7.79. The molecular formula is C17H22N2O3. The van der Waals surface area contributed by atoms with Crippen LogP contribution in [0.15, 0.2) is 24.3 Å². The predicted octanol–water partition coefficient (Wildman–Crippen LogP) is 1.73. The van der Waals surface area contributed by atoms with Crippen LogP contribution in [0, 0.1) is 5.92 Å². The van der Waals surface area contributed by atoms with E-state index in [1.54, 1.807) is 4.90 Å². The molecule has 1 atom stereocenters. The van der Waals surface area contributed by atoms with Crippen LogP contribution in [0.2, 0.25) is 0 Å². The molecule has 2 aliphatic rings. The summed E-state index contributed by atoms with van der Waals surface area (Å²) in [5.41, 5.74) is 0.650. The average molecular weight is 302 g/mol. The van der Waals surface area contributed by atoms with Crippen LogP contribution in [0.3, 0.4) is 0 Å². The molecule has 0 spiro atoms.